The van der Waals surface area contributed by atoms with Gasteiger partial charge in [-0.3, -0.25) is 4.79 Å². The Bertz CT molecular complexity index is 1000. The van der Waals surface area contributed by atoms with Crippen LogP contribution in [0.4, 0.5) is 10.1 Å². The first kappa shape index (κ1) is 20.5. The molecule has 10 heteroatoms. The van der Waals surface area contributed by atoms with Crippen LogP contribution in [0.2, 0.25) is 0 Å². The second kappa shape index (κ2) is 8.44. The molecular weight excluding hydrogens is 403 g/mol. The largest absolute Gasteiger partial charge is 0.325 e. The number of amides is 1. The Morgan fingerprint density at radius 3 is 2.89 bits per heavy atom. The molecule has 1 atom stereocenters. The van der Waals surface area contributed by atoms with Crippen molar-refractivity contribution in [2.24, 2.45) is 0 Å². The zero-order valence-corrected chi connectivity index (χ0v) is 17.0. The van der Waals surface area contributed by atoms with Crippen LogP contribution >= 0.6 is 11.8 Å². The van der Waals surface area contributed by atoms with Crippen LogP contribution in [-0.2, 0) is 21.2 Å². The van der Waals surface area contributed by atoms with Gasteiger partial charge < -0.3 is 9.88 Å². The van der Waals surface area contributed by atoms with E-state index in [-0.39, 0.29) is 34.9 Å². The number of carbonyl (C=O) groups is 1. The molecule has 1 amide bonds. The summed E-state index contributed by atoms with van der Waals surface area (Å²) in [6, 6.07) is 4.51. The fourth-order valence-corrected chi connectivity index (χ4v) is 5.50. The highest BCUT2D eigenvalue weighted by molar-refractivity contribution is 7.99. The van der Waals surface area contributed by atoms with Gasteiger partial charge >= 0.3 is 0 Å². The molecule has 1 aromatic heterocycles. The molecule has 2 aromatic rings. The van der Waals surface area contributed by atoms with Gasteiger partial charge in [-0.25, -0.2) is 12.8 Å². The van der Waals surface area contributed by atoms with Crippen LogP contribution in [0.15, 0.2) is 36.0 Å². The van der Waals surface area contributed by atoms with E-state index in [9.17, 15) is 17.6 Å². The Kier molecular flexibility index (Phi) is 6.19. The summed E-state index contributed by atoms with van der Waals surface area (Å²) in [7, 11) is -3.04. The highest BCUT2D eigenvalue weighted by Gasteiger charge is 2.33. The van der Waals surface area contributed by atoms with Crippen LogP contribution in [0.3, 0.4) is 0 Å². The van der Waals surface area contributed by atoms with Gasteiger partial charge in [0.2, 0.25) is 5.91 Å². The number of aromatic nitrogens is 3. The van der Waals surface area contributed by atoms with E-state index in [1.807, 2.05) is 0 Å². The third kappa shape index (κ3) is 4.79. The molecule has 0 aliphatic carbocycles. The van der Waals surface area contributed by atoms with E-state index in [0.717, 1.165) is 0 Å². The molecule has 28 heavy (non-hydrogen) atoms. The smallest absolute Gasteiger partial charge is 0.234 e. The van der Waals surface area contributed by atoms with Gasteiger partial charge in [-0.2, -0.15) is 0 Å². The Balaban J connectivity index is 1.67. The molecule has 1 fully saturated rings. The van der Waals surface area contributed by atoms with Crippen molar-refractivity contribution in [2.75, 3.05) is 22.6 Å². The molecular formula is C18H21FN4O3S2. The molecule has 0 saturated carbocycles. The normalized spacial score (nSPS) is 18.1. The first-order valence-corrected chi connectivity index (χ1v) is 11.5. The number of sulfone groups is 1. The lowest BCUT2D eigenvalue weighted by Crippen LogP contribution is -2.15. The van der Waals surface area contributed by atoms with Crippen LogP contribution < -0.4 is 5.32 Å². The average molecular weight is 425 g/mol. The zero-order valence-electron chi connectivity index (χ0n) is 15.4. The third-order valence-electron chi connectivity index (χ3n) is 4.44. The maximum Gasteiger partial charge on any atom is 0.234 e. The molecule has 1 aromatic carbocycles. The minimum Gasteiger partial charge on any atom is -0.325 e. The first-order chi connectivity index (χ1) is 13.3. The van der Waals surface area contributed by atoms with E-state index in [4.69, 9.17) is 0 Å². The molecule has 0 unspecified atom stereocenters. The van der Waals surface area contributed by atoms with Gasteiger partial charge in [-0.1, -0.05) is 23.9 Å². The van der Waals surface area contributed by atoms with Crippen LogP contribution in [0.5, 0.6) is 0 Å². The molecule has 2 heterocycles. The van der Waals surface area contributed by atoms with Gasteiger partial charge in [0.25, 0.3) is 0 Å². The van der Waals surface area contributed by atoms with Gasteiger partial charge in [0, 0.05) is 18.2 Å². The summed E-state index contributed by atoms with van der Waals surface area (Å²) >= 11 is 1.19. The molecule has 1 saturated heterocycles. The molecule has 1 aliphatic heterocycles. The maximum absolute atomic E-state index is 13.6. The fraction of sp³-hybridized carbons (Fsp3) is 0.389. The zero-order chi connectivity index (χ0) is 20.3. The molecule has 150 valence electrons. The number of benzene rings is 1. The number of carbonyl (C=O) groups excluding carboxylic acids is 1. The number of nitrogens with zero attached hydrogens (tertiary/aromatic N) is 3. The van der Waals surface area contributed by atoms with Gasteiger partial charge in [0.1, 0.15) is 11.6 Å². The summed E-state index contributed by atoms with van der Waals surface area (Å²) in [5.74, 6) is -0.00378. The van der Waals surface area contributed by atoms with Crippen molar-refractivity contribution in [1.29, 1.82) is 0 Å². The van der Waals surface area contributed by atoms with Crippen molar-refractivity contribution in [3.63, 3.8) is 0 Å². The minimum absolute atomic E-state index is 0.0619. The quantitative estimate of drug-likeness (QED) is 0.542. The Morgan fingerprint density at radius 2 is 2.25 bits per heavy atom. The van der Waals surface area contributed by atoms with Crippen LogP contribution in [0.1, 0.15) is 23.7 Å². The lowest BCUT2D eigenvalue weighted by Gasteiger charge is -2.11. The minimum atomic E-state index is -3.04. The number of halogens is 1. The monoisotopic (exact) mass is 424 g/mol. The van der Waals surface area contributed by atoms with E-state index in [1.165, 1.54) is 17.8 Å². The average Bonchev–Trinajstić information content (AvgIpc) is 3.19. The summed E-state index contributed by atoms with van der Waals surface area (Å²) < 4.78 is 38.9. The van der Waals surface area contributed by atoms with Crippen molar-refractivity contribution in [3.8, 4) is 0 Å². The molecule has 0 spiro atoms. The first-order valence-electron chi connectivity index (χ1n) is 8.72. The van der Waals surface area contributed by atoms with Crippen molar-refractivity contribution >= 4 is 33.2 Å². The third-order valence-corrected chi connectivity index (χ3v) is 7.18. The van der Waals surface area contributed by atoms with E-state index in [0.29, 0.717) is 35.2 Å². The standard InChI is InChI=1S/C18H21FN4O3S2/c1-3-7-23-17(13-6-8-28(25,26)11-13)21-22-18(23)27-10-16(24)20-14-5-4-12(2)15(19)9-14/h3-5,9,13H,1,6-8,10-11H2,2H3,(H,20,24)/t13-/m1/s1. The van der Waals surface area contributed by atoms with Crippen molar-refractivity contribution in [3.05, 3.63) is 48.1 Å². The summed E-state index contributed by atoms with van der Waals surface area (Å²) in [5.41, 5.74) is 0.893. The van der Waals surface area contributed by atoms with E-state index in [2.05, 4.69) is 22.1 Å². The van der Waals surface area contributed by atoms with Gasteiger partial charge in [0.15, 0.2) is 15.0 Å². The molecule has 0 radical (unpaired) electrons. The number of nitrogens with one attached hydrogen (secondary N) is 1. The SMILES string of the molecule is C=CCn1c(SCC(=O)Nc2ccc(C)c(F)c2)nnc1[C@@H]1CCS(=O)(=O)C1. The predicted molar refractivity (Wildman–Crippen MR) is 107 cm³/mol. The van der Waals surface area contributed by atoms with Crippen molar-refractivity contribution in [1.82, 2.24) is 14.8 Å². The van der Waals surface area contributed by atoms with E-state index in [1.54, 1.807) is 29.7 Å². The van der Waals surface area contributed by atoms with E-state index < -0.39 is 9.84 Å². The van der Waals surface area contributed by atoms with Crippen molar-refractivity contribution in [2.45, 2.75) is 31.0 Å². The Hall–Kier alpha value is -2.20. The Labute approximate surface area is 167 Å². The summed E-state index contributed by atoms with van der Waals surface area (Å²) in [4.78, 5) is 12.2. The molecule has 7 nitrogen and oxygen atoms in total. The number of allylic oxidation sites excluding steroid dienone is 1. The van der Waals surface area contributed by atoms with Crippen LogP contribution in [0, 0.1) is 12.7 Å². The second-order valence-corrected chi connectivity index (χ2v) is 9.81. The molecule has 1 aliphatic rings. The lowest BCUT2D eigenvalue weighted by atomic mass is 10.1. The number of rotatable bonds is 7. The summed E-state index contributed by atoms with van der Waals surface area (Å²) in [5, 5.41) is 11.5. The number of aryl methyl sites for hydroxylation is 1. The summed E-state index contributed by atoms with van der Waals surface area (Å²) in [6.07, 6.45) is 2.19. The fourth-order valence-electron chi connectivity index (χ4n) is 3.01. The number of thioether (sulfide) groups is 1. The van der Waals surface area contributed by atoms with Gasteiger partial charge in [-0.15, -0.1) is 16.8 Å². The number of hydrogen-bond donors (Lipinski definition) is 1. The predicted octanol–water partition coefficient (Wildman–Crippen LogP) is 2.54. The number of anilines is 1. The van der Waals surface area contributed by atoms with Crippen LogP contribution in [-0.4, -0.2) is 46.3 Å². The number of hydrogen-bond acceptors (Lipinski definition) is 6. The second-order valence-electron chi connectivity index (χ2n) is 6.64. The molecule has 0 bridgehead atoms. The summed E-state index contributed by atoms with van der Waals surface area (Å²) in [6.45, 7) is 5.79. The maximum atomic E-state index is 13.6. The Morgan fingerprint density at radius 1 is 1.46 bits per heavy atom. The van der Waals surface area contributed by atoms with Gasteiger partial charge in [-0.05, 0) is 31.0 Å². The van der Waals surface area contributed by atoms with Crippen LogP contribution in [0.25, 0.3) is 0 Å². The topological polar surface area (TPSA) is 93.9 Å². The molecule has 3 rings (SSSR count). The van der Waals surface area contributed by atoms with E-state index >= 15 is 0 Å². The van der Waals surface area contributed by atoms with Crippen molar-refractivity contribution < 1.29 is 17.6 Å². The van der Waals surface area contributed by atoms with Gasteiger partial charge in [0.05, 0.1) is 17.3 Å². The molecule has 1 N–H and O–H groups in total. The highest BCUT2D eigenvalue weighted by atomic mass is 32.2. The lowest BCUT2D eigenvalue weighted by molar-refractivity contribution is -0.113. The highest BCUT2D eigenvalue weighted by Crippen LogP contribution is 2.30.